The average Bonchev–Trinajstić information content (AvgIpc) is 2.74. The van der Waals surface area contributed by atoms with Crippen LogP contribution in [0.1, 0.15) is 47.3 Å². The maximum atomic E-state index is 13.2. The fourth-order valence-electron chi connectivity index (χ4n) is 3.81. The average molecular weight is 393 g/mol. The summed E-state index contributed by atoms with van der Waals surface area (Å²) in [5.41, 5.74) is 1.78. The van der Waals surface area contributed by atoms with Crippen LogP contribution in [0.2, 0.25) is 0 Å². The Hall–Kier alpha value is -2.91. The lowest BCUT2D eigenvalue weighted by atomic mass is 10.1. The molecule has 1 aliphatic heterocycles. The number of aryl methyl sites for hydroxylation is 1. The number of unbranched alkanes of at least 4 members (excludes halogenated alkanes) is 1. The van der Waals surface area contributed by atoms with Gasteiger partial charge >= 0.3 is 0 Å². The standard InChI is InChI=1S/C23H28N4O2/c1-18-10-13-27(19(2)20-8-4-3-5-9-20)23(29)21(18)22(28)26-16-14-25(15-17-26)12-7-6-11-24/h3-5,8-10,13,19H,6-7,12,14-17H2,1-2H3. The monoisotopic (exact) mass is 392 g/mol. The Morgan fingerprint density at radius 2 is 1.83 bits per heavy atom. The van der Waals surface area contributed by atoms with Crippen LogP contribution in [0.5, 0.6) is 0 Å². The molecule has 0 N–H and O–H groups in total. The third kappa shape index (κ3) is 4.75. The largest absolute Gasteiger partial charge is 0.336 e. The van der Waals surface area contributed by atoms with Gasteiger partial charge in [0.2, 0.25) is 0 Å². The van der Waals surface area contributed by atoms with Crippen LogP contribution in [0.15, 0.2) is 47.4 Å². The highest BCUT2D eigenvalue weighted by molar-refractivity contribution is 5.95. The summed E-state index contributed by atoms with van der Waals surface area (Å²) in [6.45, 7) is 7.43. The number of carbonyl (C=O) groups is 1. The summed E-state index contributed by atoms with van der Waals surface area (Å²) in [5, 5.41) is 8.67. The van der Waals surface area contributed by atoms with Crippen LogP contribution in [-0.4, -0.2) is 53.0 Å². The third-order valence-corrected chi connectivity index (χ3v) is 5.66. The van der Waals surface area contributed by atoms with Crippen molar-refractivity contribution in [2.45, 2.75) is 32.7 Å². The van der Waals surface area contributed by atoms with Crippen molar-refractivity contribution in [1.82, 2.24) is 14.4 Å². The Morgan fingerprint density at radius 1 is 1.14 bits per heavy atom. The van der Waals surface area contributed by atoms with Gasteiger partial charge in [-0.05, 0) is 44.0 Å². The number of piperazine rings is 1. The molecule has 6 heteroatoms. The quantitative estimate of drug-likeness (QED) is 0.709. The van der Waals surface area contributed by atoms with Crippen molar-refractivity contribution in [1.29, 1.82) is 5.26 Å². The first-order valence-electron chi connectivity index (χ1n) is 10.2. The first kappa shape index (κ1) is 20.8. The lowest BCUT2D eigenvalue weighted by Crippen LogP contribution is -2.50. The molecule has 3 rings (SSSR count). The summed E-state index contributed by atoms with van der Waals surface area (Å²) >= 11 is 0. The highest BCUT2D eigenvalue weighted by Crippen LogP contribution is 2.17. The van der Waals surface area contributed by atoms with E-state index < -0.39 is 0 Å². The number of rotatable bonds is 6. The smallest absolute Gasteiger partial charge is 0.264 e. The van der Waals surface area contributed by atoms with Crippen molar-refractivity contribution in [2.24, 2.45) is 0 Å². The minimum absolute atomic E-state index is 0.146. The topological polar surface area (TPSA) is 69.3 Å². The third-order valence-electron chi connectivity index (χ3n) is 5.66. The maximum Gasteiger partial charge on any atom is 0.264 e. The Bertz CT molecular complexity index is 938. The molecule has 0 spiro atoms. The fourth-order valence-corrected chi connectivity index (χ4v) is 3.81. The molecule has 1 atom stereocenters. The number of nitriles is 1. The number of benzene rings is 1. The molecule has 6 nitrogen and oxygen atoms in total. The molecule has 1 saturated heterocycles. The maximum absolute atomic E-state index is 13.2. The van der Waals surface area contributed by atoms with E-state index in [4.69, 9.17) is 5.26 Å². The highest BCUT2D eigenvalue weighted by atomic mass is 16.2. The van der Waals surface area contributed by atoms with Gasteiger partial charge in [-0.3, -0.25) is 14.5 Å². The van der Waals surface area contributed by atoms with Crippen molar-refractivity contribution >= 4 is 5.91 Å². The van der Waals surface area contributed by atoms with Crippen LogP contribution in [-0.2, 0) is 0 Å². The molecule has 0 aliphatic carbocycles. The predicted molar refractivity (Wildman–Crippen MR) is 113 cm³/mol. The second-order valence-corrected chi connectivity index (χ2v) is 7.57. The zero-order valence-electron chi connectivity index (χ0n) is 17.2. The molecule has 0 bridgehead atoms. The highest BCUT2D eigenvalue weighted by Gasteiger charge is 2.26. The van der Waals surface area contributed by atoms with Crippen molar-refractivity contribution in [2.75, 3.05) is 32.7 Å². The Kier molecular flexibility index (Phi) is 6.84. The molecule has 1 aromatic carbocycles. The fraction of sp³-hybridized carbons (Fsp3) is 0.435. The van der Waals surface area contributed by atoms with Crippen LogP contribution in [0, 0.1) is 18.3 Å². The molecule has 152 valence electrons. The lowest BCUT2D eigenvalue weighted by Gasteiger charge is -2.34. The van der Waals surface area contributed by atoms with E-state index in [2.05, 4.69) is 11.0 Å². The summed E-state index contributed by atoms with van der Waals surface area (Å²) < 4.78 is 1.65. The number of aromatic nitrogens is 1. The zero-order valence-corrected chi connectivity index (χ0v) is 17.2. The van der Waals surface area contributed by atoms with Crippen molar-refractivity contribution in [3.8, 4) is 6.07 Å². The first-order valence-corrected chi connectivity index (χ1v) is 10.2. The molecular formula is C23H28N4O2. The van der Waals surface area contributed by atoms with Gasteiger partial charge in [-0.2, -0.15) is 5.26 Å². The molecule has 2 heterocycles. The summed E-state index contributed by atoms with van der Waals surface area (Å²) in [5.74, 6) is -0.182. The van der Waals surface area contributed by atoms with Gasteiger partial charge in [-0.25, -0.2) is 0 Å². The van der Waals surface area contributed by atoms with E-state index in [1.807, 2.05) is 50.2 Å². The van der Waals surface area contributed by atoms with Gasteiger partial charge in [0.1, 0.15) is 5.56 Å². The zero-order chi connectivity index (χ0) is 20.8. The molecule has 29 heavy (non-hydrogen) atoms. The van der Waals surface area contributed by atoms with Crippen molar-refractivity contribution in [3.05, 3.63) is 69.6 Å². The molecule has 1 aliphatic rings. The number of amides is 1. The normalized spacial score (nSPS) is 15.7. The molecule has 1 aromatic heterocycles. The number of nitrogens with zero attached hydrogens (tertiary/aromatic N) is 4. The Labute approximate surface area is 172 Å². The molecule has 0 saturated carbocycles. The van der Waals surface area contributed by atoms with Gasteiger partial charge in [0.05, 0.1) is 12.1 Å². The van der Waals surface area contributed by atoms with Gasteiger partial charge in [0.15, 0.2) is 0 Å². The SMILES string of the molecule is Cc1ccn(C(C)c2ccccc2)c(=O)c1C(=O)N1CCN(CCCC#N)CC1. The second-order valence-electron chi connectivity index (χ2n) is 7.57. The summed E-state index contributed by atoms with van der Waals surface area (Å²) in [6.07, 6.45) is 3.19. The van der Waals surface area contributed by atoms with Crippen LogP contribution >= 0.6 is 0 Å². The van der Waals surface area contributed by atoms with E-state index in [-0.39, 0.29) is 23.1 Å². The van der Waals surface area contributed by atoms with Crippen LogP contribution in [0.4, 0.5) is 0 Å². The van der Waals surface area contributed by atoms with Crippen LogP contribution < -0.4 is 5.56 Å². The van der Waals surface area contributed by atoms with E-state index in [1.165, 1.54) is 0 Å². The van der Waals surface area contributed by atoms with Gasteiger partial charge in [-0.15, -0.1) is 0 Å². The molecule has 1 fully saturated rings. The number of hydrogen-bond donors (Lipinski definition) is 0. The number of carbonyl (C=O) groups excluding carboxylic acids is 1. The van der Waals surface area contributed by atoms with E-state index in [0.717, 1.165) is 31.6 Å². The summed E-state index contributed by atoms with van der Waals surface area (Å²) in [4.78, 5) is 30.4. The van der Waals surface area contributed by atoms with E-state index in [1.54, 1.807) is 15.7 Å². The minimum atomic E-state index is -0.234. The van der Waals surface area contributed by atoms with Gasteiger partial charge in [0, 0.05) is 38.8 Å². The second kappa shape index (κ2) is 9.53. The first-order chi connectivity index (χ1) is 14.0. The summed E-state index contributed by atoms with van der Waals surface area (Å²) in [6, 6.07) is 13.7. The van der Waals surface area contributed by atoms with Gasteiger partial charge < -0.3 is 9.47 Å². The Balaban J connectivity index is 1.76. The molecule has 1 unspecified atom stereocenters. The van der Waals surface area contributed by atoms with E-state index in [0.29, 0.717) is 25.1 Å². The van der Waals surface area contributed by atoms with E-state index in [9.17, 15) is 9.59 Å². The number of pyridine rings is 1. The summed E-state index contributed by atoms with van der Waals surface area (Å²) in [7, 11) is 0. The minimum Gasteiger partial charge on any atom is -0.336 e. The van der Waals surface area contributed by atoms with E-state index >= 15 is 0 Å². The molecule has 0 radical (unpaired) electrons. The van der Waals surface area contributed by atoms with Crippen LogP contribution in [0.3, 0.4) is 0 Å². The van der Waals surface area contributed by atoms with Crippen molar-refractivity contribution in [3.63, 3.8) is 0 Å². The molecular weight excluding hydrogens is 364 g/mol. The molecule has 2 aromatic rings. The number of hydrogen-bond acceptors (Lipinski definition) is 4. The predicted octanol–water partition coefficient (Wildman–Crippen LogP) is 2.83. The lowest BCUT2D eigenvalue weighted by molar-refractivity contribution is 0.0633. The molecule has 1 amide bonds. The van der Waals surface area contributed by atoms with Crippen molar-refractivity contribution < 1.29 is 4.79 Å². The Morgan fingerprint density at radius 3 is 2.48 bits per heavy atom. The van der Waals surface area contributed by atoms with Gasteiger partial charge in [-0.1, -0.05) is 30.3 Å². The van der Waals surface area contributed by atoms with Crippen LogP contribution in [0.25, 0.3) is 0 Å². The van der Waals surface area contributed by atoms with Gasteiger partial charge in [0.25, 0.3) is 11.5 Å².